The molecule has 0 aromatic carbocycles. The van der Waals surface area contributed by atoms with Crippen molar-refractivity contribution in [2.45, 2.75) is 18.0 Å². The molecule has 1 aromatic rings. The second kappa shape index (κ2) is 6.01. The number of aliphatic carboxylic acids is 1. The molecule has 1 aliphatic rings. The van der Waals surface area contributed by atoms with Crippen molar-refractivity contribution in [1.29, 1.82) is 0 Å². The van der Waals surface area contributed by atoms with Gasteiger partial charge in [0.2, 0.25) is 0 Å². The molecule has 7 heteroatoms. The van der Waals surface area contributed by atoms with Crippen molar-refractivity contribution in [3.63, 3.8) is 0 Å². The lowest BCUT2D eigenvalue weighted by molar-refractivity contribution is -0.143. The summed E-state index contributed by atoms with van der Waals surface area (Å²) in [5.74, 6) is -1.24. The molecular weight excluding hydrogens is 266 g/mol. The summed E-state index contributed by atoms with van der Waals surface area (Å²) in [5, 5.41) is 9.54. The lowest BCUT2D eigenvalue weighted by Gasteiger charge is -2.30. The molecule has 0 unspecified atom stereocenters. The summed E-state index contributed by atoms with van der Waals surface area (Å²) in [5.41, 5.74) is 0.451. The number of aromatic nitrogens is 2. The zero-order valence-corrected chi connectivity index (χ0v) is 11.4. The summed E-state index contributed by atoms with van der Waals surface area (Å²) in [6, 6.07) is 0. The van der Waals surface area contributed by atoms with Gasteiger partial charge in [0.05, 0.1) is 11.5 Å². The largest absolute Gasteiger partial charge is 0.481 e. The van der Waals surface area contributed by atoms with Gasteiger partial charge in [-0.05, 0) is 19.1 Å². The second-order valence-corrected chi connectivity index (χ2v) is 5.14. The van der Waals surface area contributed by atoms with E-state index in [0.29, 0.717) is 36.7 Å². The molecule has 1 N–H and O–H groups in total. The molecule has 0 radical (unpaired) electrons. The number of carbonyl (C=O) groups excluding carboxylic acids is 1. The molecular formula is C12H15N3O3S. The predicted octanol–water partition coefficient (Wildman–Crippen LogP) is 1.14. The number of carboxylic acids is 1. The predicted molar refractivity (Wildman–Crippen MR) is 70.1 cm³/mol. The van der Waals surface area contributed by atoms with Crippen LogP contribution in [-0.4, -0.2) is 51.2 Å². The van der Waals surface area contributed by atoms with Crippen LogP contribution in [0, 0.1) is 5.92 Å². The smallest absolute Gasteiger partial charge is 0.306 e. The van der Waals surface area contributed by atoms with E-state index in [1.54, 1.807) is 4.90 Å². The first-order valence-electron chi connectivity index (χ1n) is 6.00. The van der Waals surface area contributed by atoms with Crippen molar-refractivity contribution in [3.8, 4) is 0 Å². The molecule has 102 valence electrons. The first-order valence-corrected chi connectivity index (χ1v) is 7.22. The molecule has 0 spiro atoms. The van der Waals surface area contributed by atoms with Gasteiger partial charge in [-0.25, -0.2) is 9.97 Å². The third-order valence-corrected chi connectivity index (χ3v) is 3.77. The highest BCUT2D eigenvalue weighted by Gasteiger charge is 2.27. The third-order valence-electron chi connectivity index (χ3n) is 3.19. The van der Waals surface area contributed by atoms with Gasteiger partial charge in [-0.1, -0.05) is 11.8 Å². The first kappa shape index (κ1) is 13.8. The zero-order chi connectivity index (χ0) is 13.8. The number of carbonyl (C=O) groups is 2. The number of piperidine rings is 1. The summed E-state index contributed by atoms with van der Waals surface area (Å²) < 4.78 is 0. The first-order chi connectivity index (χ1) is 9.11. The molecule has 6 nitrogen and oxygen atoms in total. The van der Waals surface area contributed by atoms with Gasteiger partial charge >= 0.3 is 5.97 Å². The molecule has 0 aliphatic carbocycles. The molecule has 2 heterocycles. The Hall–Kier alpha value is -1.63. The van der Waals surface area contributed by atoms with Crippen LogP contribution in [0.25, 0.3) is 0 Å². The van der Waals surface area contributed by atoms with Crippen molar-refractivity contribution >= 4 is 23.6 Å². The molecule has 1 saturated heterocycles. The van der Waals surface area contributed by atoms with Crippen molar-refractivity contribution in [2.24, 2.45) is 5.92 Å². The Kier molecular flexibility index (Phi) is 4.36. The quantitative estimate of drug-likeness (QED) is 0.660. The monoisotopic (exact) mass is 281 g/mol. The van der Waals surface area contributed by atoms with Gasteiger partial charge in [-0.2, -0.15) is 0 Å². The number of hydrogen-bond acceptors (Lipinski definition) is 5. The van der Waals surface area contributed by atoms with Crippen LogP contribution in [0.15, 0.2) is 17.6 Å². The molecule has 0 bridgehead atoms. The summed E-state index contributed by atoms with van der Waals surface area (Å²) >= 11 is 1.42. The number of amides is 1. The van der Waals surface area contributed by atoms with Crippen LogP contribution in [0.2, 0.25) is 0 Å². The van der Waals surface area contributed by atoms with Gasteiger partial charge in [0, 0.05) is 25.5 Å². The summed E-state index contributed by atoms with van der Waals surface area (Å²) in [6.45, 7) is 0.945. The number of thioether (sulfide) groups is 1. The van der Waals surface area contributed by atoms with Gasteiger partial charge in [0.1, 0.15) is 0 Å². The van der Waals surface area contributed by atoms with E-state index in [-0.39, 0.29) is 11.8 Å². The Bertz CT molecular complexity index is 470. The van der Waals surface area contributed by atoms with Crippen LogP contribution < -0.4 is 0 Å². The standard InChI is InChI=1S/C12H15N3O3S/c1-19-12-13-6-9(7-14-12)10(16)15-4-2-8(3-5-15)11(17)18/h6-8H,2-5H2,1H3,(H,17,18). The number of rotatable bonds is 3. The number of nitrogens with zero attached hydrogens (tertiary/aromatic N) is 3. The fourth-order valence-electron chi connectivity index (χ4n) is 2.04. The zero-order valence-electron chi connectivity index (χ0n) is 10.6. The molecule has 2 rings (SSSR count). The van der Waals surface area contributed by atoms with Gasteiger partial charge in [-0.15, -0.1) is 0 Å². The average Bonchev–Trinajstić information content (AvgIpc) is 2.46. The fraction of sp³-hybridized carbons (Fsp3) is 0.500. The number of hydrogen-bond donors (Lipinski definition) is 1. The summed E-state index contributed by atoms with van der Waals surface area (Å²) in [6.07, 6.45) is 5.91. The highest BCUT2D eigenvalue weighted by Crippen LogP contribution is 2.19. The summed E-state index contributed by atoms with van der Waals surface area (Å²) in [7, 11) is 0. The number of carboxylic acid groups (broad SMARTS) is 1. The van der Waals surface area contributed by atoms with Gasteiger partial charge in [-0.3, -0.25) is 9.59 Å². The van der Waals surface area contributed by atoms with E-state index in [4.69, 9.17) is 5.11 Å². The van der Waals surface area contributed by atoms with E-state index >= 15 is 0 Å². The maximum absolute atomic E-state index is 12.2. The summed E-state index contributed by atoms with van der Waals surface area (Å²) in [4.78, 5) is 32.8. The van der Waals surface area contributed by atoms with Crippen molar-refractivity contribution in [1.82, 2.24) is 14.9 Å². The van der Waals surface area contributed by atoms with Crippen molar-refractivity contribution < 1.29 is 14.7 Å². The minimum absolute atomic E-state index is 0.128. The van der Waals surface area contributed by atoms with Crippen LogP contribution in [0.3, 0.4) is 0 Å². The minimum atomic E-state index is -0.778. The van der Waals surface area contributed by atoms with E-state index in [9.17, 15) is 9.59 Å². The maximum Gasteiger partial charge on any atom is 0.306 e. The lowest BCUT2D eigenvalue weighted by Crippen LogP contribution is -2.40. The van der Waals surface area contributed by atoms with Crippen LogP contribution >= 0.6 is 11.8 Å². The third kappa shape index (κ3) is 3.23. The maximum atomic E-state index is 12.2. The fourth-order valence-corrected chi connectivity index (χ4v) is 2.36. The molecule has 1 amide bonds. The van der Waals surface area contributed by atoms with Crippen LogP contribution in [-0.2, 0) is 4.79 Å². The Morgan fingerprint density at radius 2 is 1.89 bits per heavy atom. The molecule has 0 saturated carbocycles. The van der Waals surface area contributed by atoms with Crippen LogP contribution in [0.1, 0.15) is 23.2 Å². The minimum Gasteiger partial charge on any atom is -0.481 e. The van der Waals surface area contributed by atoms with Crippen molar-refractivity contribution in [2.75, 3.05) is 19.3 Å². The number of likely N-dealkylation sites (tertiary alicyclic amines) is 1. The molecule has 19 heavy (non-hydrogen) atoms. The average molecular weight is 281 g/mol. The second-order valence-electron chi connectivity index (χ2n) is 4.36. The van der Waals surface area contributed by atoms with E-state index in [1.165, 1.54) is 24.2 Å². The lowest BCUT2D eigenvalue weighted by atomic mass is 9.97. The molecule has 1 aliphatic heterocycles. The van der Waals surface area contributed by atoms with Crippen LogP contribution in [0.5, 0.6) is 0 Å². The van der Waals surface area contributed by atoms with E-state index in [1.807, 2.05) is 6.26 Å². The highest BCUT2D eigenvalue weighted by atomic mass is 32.2. The van der Waals surface area contributed by atoms with Gasteiger partial charge in [0.15, 0.2) is 5.16 Å². The Balaban J connectivity index is 1.98. The van der Waals surface area contributed by atoms with Gasteiger partial charge in [0.25, 0.3) is 5.91 Å². The van der Waals surface area contributed by atoms with E-state index < -0.39 is 5.97 Å². The topological polar surface area (TPSA) is 83.4 Å². The van der Waals surface area contributed by atoms with E-state index in [2.05, 4.69) is 9.97 Å². The van der Waals surface area contributed by atoms with Crippen molar-refractivity contribution in [3.05, 3.63) is 18.0 Å². The molecule has 1 fully saturated rings. The Labute approximate surface area is 115 Å². The molecule has 1 aromatic heterocycles. The molecule has 0 atom stereocenters. The van der Waals surface area contributed by atoms with Crippen LogP contribution in [0.4, 0.5) is 0 Å². The highest BCUT2D eigenvalue weighted by molar-refractivity contribution is 7.98. The van der Waals surface area contributed by atoms with E-state index in [0.717, 1.165) is 0 Å². The Morgan fingerprint density at radius 1 is 1.32 bits per heavy atom. The Morgan fingerprint density at radius 3 is 2.37 bits per heavy atom. The van der Waals surface area contributed by atoms with Gasteiger partial charge < -0.3 is 10.0 Å². The SMILES string of the molecule is CSc1ncc(C(=O)N2CCC(C(=O)O)CC2)cn1. The normalized spacial score (nSPS) is 16.4.